The molecule has 0 spiro atoms. The van der Waals surface area contributed by atoms with E-state index < -0.39 is 0 Å². The first-order chi connectivity index (χ1) is 9.72. The normalized spacial score (nSPS) is 10.8. The van der Waals surface area contributed by atoms with E-state index in [1.54, 1.807) is 26.6 Å². The molecule has 0 aliphatic carbocycles. The molecule has 0 unspecified atom stereocenters. The van der Waals surface area contributed by atoms with E-state index in [9.17, 15) is 0 Å². The number of nitrogens with zero attached hydrogens (tertiary/aromatic N) is 3. The van der Waals surface area contributed by atoms with Crippen molar-refractivity contribution in [1.29, 1.82) is 0 Å². The number of benzene rings is 1. The quantitative estimate of drug-likeness (QED) is 0.738. The molecule has 0 saturated heterocycles. The van der Waals surface area contributed by atoms with Gasteiger partial charge in [-0.05, 0) is 34.1 Å². The van der Waals surface area contributed by atoms with E-state index in [2.05, 4.69) is 25.9 Å². The van der Waals surface area contributed by atoms with Crippen LogP contribution in [-0.2, 0) is 0 Å². The first-order valence-electron chi connectivity index (χ1n) is 5.94. The number of ether oxygens (including phenoxy) is 2. The van der Waals surface area contributed by atoms with Gasteiger partial charge in [0.25, 0.3) is 0 Å². The summed E-state index contributed by atoms with van der Waals surface area (Å²) in [4.78, 5) is 8.64. The third-order valence-electron chi connectivity index (χ3n) is 3.03. The van der Waals surface area contributed by atoms with Gasteiger partial charge >= 0.3 is 0 Å². The topological polar surface area (TPSA) is 48.7 Å². The molecule has 6 heteroatoms. The Morgan fingerprint density at radius 2 is 1.85 bits per heavy atom. The van der Waals surface area contributed by atoms with Gasteiger partial charge < -0.3 is 9.47 Å². The highest BCUT2D eigenvalue weighted by Gasteiger charge is 2.09. The Morgan fingerprint density at radius 3 is 2.60 bits per heavy atom. The Hall–Kier alpha value is -2.08. The summed E-state index contributed by atoms with van der Waals surface area (Å²) in [5.41, 5.74) is 2.57. The highest BCUT2D eigenvalue weighted by molar-refractivity contribution is 9.10. The smallest absolute Gasteiger partial charge is 0.161 e. The Kier molecular flexibility index (Phi) is 3.31. The molecule has 0 N–H and O–H groups in total. The average molecular weight is 334 g/mol. The van der Waals surface area contributed by atoms with Crippen LogP contribution in [0.25, 0.3) is 16.9 Å². The second-order valence-electron chi connectivity index (χ2n) is 4.15. The predicted molar refractivity (Wildman–Crippen MR) is 79.2 cm³/mol. The minimum atomic E-state index is 0.677. The van der Waals surface area contributed by atoms with E-state index in [-0.39, 0.29) is 0 Å². The average Bonchev–Trinajstić information content (AvgIpc) is 2.87. The van der Waals surface area contributed by atoms with Crippen LogP contribution in [0.15, 0.2) is 41.4 Å². The summed E-state index contributed by atoms with van der Waals surface area (Å²) in [6.07, 6.45) is 5.40. The van der Waals surface area contributed by atoms with Crippen molar-refractivity contribution in [3.05, 3.63) is 41.4 Å². The van der Waals surface area contributed by atoms with Crippen LogP contribution in [0.2, 0.25) is 0 Å². The molecule has 0 bridgehead atoms. The molecule has 20 heavy (non-hydrogen) atoms. The van der Waals surface area contributed by atoms with Crippen molar-refractivity contribution >= 4 is 21.6 Å². The second kappa shape index (κ2) is 5.13. The van der Waals surface area contributed by atoms with Crippen LogP contribution in [0.4, 0.5) is 0 Å². The molecule has 1 aromatic carbocycles. The molecule has 0 aliphatic heterocycles. The molecule has 0 amide bonds. The van der Waals surface area contributed by atoms with Gasteiger partial charge in [0, 0.05) is 11.8 Å². The van der Waals surface area contributed by atoms with Gasteiger partial charge in [-0.3, -0.25) is 9.38 Å². The molecule has 0 fully saturated rings. The molecular weight excluding hydrogens is 322 g/mol. The summed E-state index contributed by atoms with van der Waals surface area (Å²) in [6.45, 7) is 0. The maximum absolute atomic E-state index is 5.31. The summed E-state index contributed by atoms with van der Waals surface area (Å²) in [5, 5.41) is 0. The van der Waals surface area contributed by atoms with Crippen molar-refractivity contribution in [3.63, 3.8) is 0 Å². The molecule has 5 nitrogen and oxygen atoms in total. The minimum Gasteiger partial charge on any atom is -0.493 e. The first-order valence-corrected chi connectivity index (χ1v) is 6.73. The lowest BCUT2D eigenvalue weighted by molar-refractivity contribution is 0.355. The molecular formula is C14H12BrN3O2. The highest BCUT2D eigenvalue weighted by atomic mass is 79.9. The number of methoxy groups -OCH3 is 2. The van der Waals surface area contributed by atoms with Crippen LogP contribution in [0, 0.1) is 0 Å². The molecule has 3 aromatic rings. The lowest BCUT2D eigenvalue weighted by atomic mass is 10.1. The molecule has 3 rings (SSSR count). The van der Waals surface area contributed by atoms with Crippen LogP contribution in [0.5, 0.6) is 11.5 Å². The molecule has 0 atom stereocenters. The van der Waals surface area contributed by atoms with Crippen LogP contribution < -0.4 is 9.47 Å². The number of imidazole rings is 1. The van der Waals surface area contributed by atoms with Crippen molar-refractivity contribution in [2.24, 2.45) is 0 Å². The second-order valence-corrected chi connectivity index (χ2v) is 4.96. The Morgan fingerprint density at radius 1 is 1.05 bits per heavy atom. The standard InChI is InChI=1S/C14H12BrN3O2/c1-19-11-4-3-9(5-12(11)20-2)10-8-18-13(15)6-17-14(18)7-16-10/h3-8H,1-2H3. The number of halogens is 1. The van der Waals surface area contributed by atoms with E-state index in [0.717, 1.165) is 21.5 Å². The van der Waals surface area contributed by atoms with Gasteiger partial charge in [-0.25, -0.2) is 4.98 Å². The summed E-state index contributed by atoms with van der Waals surface area (Å²) in [7, 11) is 3.23. The molecule has 0 radical (unpaired) electrons. The fraction of sp³-hybridized carbons (Fsp3) is 0.143. The fourth-order valence-electron chi connectivity index (χ4n) is 2.00. The van der Waals surface area contributed by atoms with Crippen LogP contribution in [0.1, 0.15) is 0 Å². The molecule has 102 valence electrons. The van der Waals surface area contributed by atoms with Crippen molar-refractivity contribution in [2.45, 2.75) is 0 Å². The number of rotatable bonds is 3. The van der Waals surface area contributed by atoms with Crippen LogP contribution in [-0.4, -0.2) is 28.6 Å². The minimum absolute atomic E-state index is 0.677. The fourth-order valence-corrected chi connectivity index (χ4v) is 2.39. The molecule has 0 saturated carbocycles. The van der Waals surface area contributed by atoms with E-state index in [1.165, 1.54) is 0 Å². The Labute approximate surface area is 124 Å². The van der Waals surface area contributed by atoms with E-state index in [0.29, 0.717) is 11.5 Å². The van der Waals surface area contributed by atoms with E-state index in [1.807, 2.05) is 28.8 Å². The highest BCUT2D eigenvalue weighted by Crippen LogP contribution is 2.31. The van der Waals surface area contributed by atoms with Crippen molar-refractivity contribution in [2.75, 3.05) is 14.2 Å². The molecule has 2 heterocycles. The van der Waals surface area contributed by atoms with Gasteiger partial charge in [0.1, 0.15) is 4.60 Å². The number of hydrogen-bond acceptors (Lipinski definition) is 4. The van der Waals surface area contributed by atoms with Crippen LogP contribution >= 0.6 is 15.9 Å². The third kappa shape index (κ3) is 2.12. The zero-order valence-corrected chi connectivity index (χ0v) is 12.6. The summed E-state index contributed by atoms with van der Waals surface area (Å²) < 4.78 is 13.4. The van der Waals surface area contributed by atoms with Crippen molar-refractivity contribution in [1.82, 2.24) is 14.4 Å². The SMILES string of the molecule is COc1ccc(-c2cn3c(Br)cnc3cn2)cc1OC. The summed E-state index contributed by atoms with van der Waals surface area (Å²) in [6, 6.07) is 5.71. The number of aromatic nitrogens is 3. The van der Waals surface area contributed by atoms with Gasteiger partial charge in [-0.15, -0.1) is 0 Å². The largest absolute Gasteiger partial charge is 0.493 e. The van der Waals surface area contributed by atoms with E-state index in [4.69, 9.17) is 9.47 Å². The van der Waals surface area contributed by atoms with E-state index >= 15 is 0 Å². The lowest BCUT2D eigenvalue weighted by Crippen LogP contribution is -1.94. The molecule has 0 aliphatic rings. The van der Waals surface area contributed by atoms with Gasteiger partial charge in [-0.2, -0.15) is 0 Å². The van der Waals surface area contributed by atoms with Gasteiger partial charge in [0.2, 0.25) is 0 Å². The van der Waals surface area contributed by atoms with Crippen molar-refractivity contribution in [3.8, 4) is 22.8 Å². The third-order valence-corrected chi connectivity index (χ3v) is 3.62. The van der Waals surface area contributed by atoms with Gasteiger partial charge in [-0.1, -0.05) is 0 Å². The maximum atomic E-state index is 5.31. The van der Waals surface area contributed by atoms with Gasteiger partial charge in [0.15, 0.2) is 17.1 Å². The predicted octanol–water partition coefficient (Wildman–Crippen LogP) is 3.18. The zero-order valence-electron chi connectivity index (χ0n) is 11.0. The Bertz CT molecular complexity index is 770. The summed E-state index contributed by atoms with van der Waals surface area (Å²) in [5.74, 6) is 1.37. The lowest BCUT2D eigenvalue weighted by Gasteiger charge is -2.09. The van der Waals surface area contributed by atoms with Gasteiger partial charge in [0.05, 0.1) is 32.3 Å². The maximum Gasteiger partial charge on any atom is 0.161 e. The number of hydrogen-bond donors (Lipinski definition) is 0. The molecule has 2 aromatic heterocycles. The summed E-state index contributed by atoms with van der Waals surface area (Å²) >= 11 is 3.45. The monoisotopic (exact) mass is 333 g/mol. The number of fused-ring (bicyclic) bond motifs is 1. The first kappa shape index (κ1) is 12.9. The van der Waals surface area contributed by atoms with Crippen LogP contribution in [0.3, 0.4) is 0 Å². The zero-order chi connectivity index (χ0) is 14.1. The Balaban J connectivity index is 2.12. The van der Waals surface area contributed by atoms with Crippen molar-refractivity contribution < 1.29 is 9.47 Å².